The van der Waals surface area contributed by atoms with Crippen LogP contribution in [0.2, 0.25) is 0 Å². The van der Waals surface area contributed by atoms with Crippen LogP contribution in [0.15, 0.2) is 35.3 Å². The van der Waals surface area contributed by atoms with Gasteiger partial charge in [0.2, 0.25) is 6.79 Å². The van der Waals surface area contributed by atoms with Gasteiger partial charge in [0.25, 0.3) is 0 Å². The van der Waals surface area contributed by atoms with Crippen molar-refractivity contribution in [1.29, 1.82) is 0 Å². The third kappa shape index (κ3) is 5.43. The second-order valence-electron chi connectivity index (χ2n) is 10.1. The van der Waals surface area contributed by atoms with Crippen molar-refractivity contribution in [3.63, 3.8) is 0 Å². The van der Waals surface area contributed by atoms with E-state index in [9.17, 15) is 4.79 Å². The molecule has 0 radical (unpaired) electrons. The van der Waals surface area contributed by atoms with Crippen LogP contribution in [0, 0.1) is 12.3 Å². The average molecular weight is 424 g/mol. The van der Waals surface area contributed by atoms with E-state index in [-0.39, 0.29) is 24.2 Å². The first-order chi connectivity index (χ1) is 14.4. The molecule has 1 aliphatic rings. The summed E-state index contributed by atoms with van der Waals surface area (Å²) in [6.07, 6.45) is 1.89. The van der Waals surface area contributed by atoms with Gasteiger partial charge in [0, 0.05) is 18.8 Å². The summed E-state index contributed by atoms with van der Waals surface area (Å²) in [6, 6.07) is 10.4. The van der Waals surface area contributed by atoms with Crippen LogP contribution in [0.4, 0.5) is 0 Å². The topological polar surface area (TPSA) is 65.7 Å². The van der Waals surface area contributed by atoms with Crippen LogP contribution in [-0.2, 0) is 26.7 Å². The first-order valence-corrected chi connectivity index (χ1v) is 10.6. The van der Waals surface area contributed by atoms with Gasteiger partial charge in [0.05, 0.1) is 11.1 Å². The Hall–Kier alpha value is -2.89. The van der Waals surface area contributed by atoms with E-state index in [1.54, 1.807) is 4.68 Å². The number of aromatic nitrogens is 2. The van der Waals surface area contributed by atoms with E-state index >= 15 is 0 Å². The molecule has 1 atom stereocenters. The van der Waals surface area contributed by atoms with Crippen molar-refractivity contribution in [3.8, 4) is 0 Å². The van der Waals surface area contributed by atoms with Gasteiger partial charge in [-0.25, -0.2) is 0 Å². The molecule has 6 heteroatoms. The molecule has 0 saturated carbocycles. The summed E-state index contributed by atoms with van der Waals surface area (Å²) in [5.74, 6) is 0.308. The van der Waals surface area contributed by atoms with Gasteiger partial charge in [-0.05, 0) is 50.3 Å². The van der Waals surface area contributed by atoms with Crippen molar-refractivity contribution < 1.29 is 14.3 Å². The maximum absolute atomic E-state index is 12.2. The van der Waals surface area contributed by atoms with Gasteiger partial charge in [0.1, 0.15) is 11.7 Å². The summed E-state index contributed by atoms with van der Waals surface area (Å²) >= 11 is 0. The minimum Gasteiger partial charge on any atom is -0.455 e. The number of benzene rings is 1. The lowest BCUT2D eigenvalue weighted by atomic mass is 9.86. The maximum Gasteiger partial charge on any atom is 0.314 e. The fraction of sp³-hybridized carbons (Fsp3) is 0.480. The van der Waals surface area contributed by atoms with E-state index in [0.717, 1.165) is 22.5 Å². The Kier molecular flexibility index (Phi) is 6.12. The molecule has 1 unspecified atom stereocenters. The summed E-state index contributed by atoms with van der Waals surface area (Å²) in [5, 5.41) is 4.47. The van der Waals surface area contributed by atoms with Gasteiger partial charge >= 0.3 is 5.97 Å². The zero-order chi connectivity index (χ0) is 23.0. The summed E-state index contributed by atoms with van der Waals surface area (Å²) in [7, 11) is 1.88. The third-order valence-electron chi connectivity index (χ3n) is 5.14. The van der Waals surface area contributed by atoms with Crippen LogP contribution in [0.1, 0.15) is 64.1 Å². The summed E-state index contributed by atoms with van der Waals surface area (Å²) in [6.45, 7) is 13.8. The number of hydrogen-bond donors (Lipinski definition) is 0. The van der Waals surface area contributed by atoms with Crippen LogP contribution in [0.3, 0.4) is 0 Å². The van der Waals surface area contributed by atoms with Crippen molar-refractivity contribution >= 4 is 23.5 Å². The van der Waals surface area contributed by atoms with Gasteiger partial charge in [-0.2, -0.15) is 5.10 Å². The van der Waals surface area contributed by atoms with E-state index in [4.69, 9.17) is 9.47 Å². The monoisotopic (exact) mass is 423 g/mol. The number of hydrogen-bond acceptors (Lipinski definition) is 5. The van der Waals surface area contributed by atoms with Gasteiger partial charge in [-0.1, -0.05) is 45.0 Å². The zero-order valence-corrected chi connectivity index (χ0v) is 19.8. The molecule has 1 aromatic heterocycles. The average Bonchev–Trinajstić information content (AvgIpc) is 3.43. The number of aryl methyl sites for hydroxylation is 2. The quantitative estimate of drug-likeness (QED) is 0.376. The molecule has 1 aliphatic heterocycles. The number of nitrogens with zero attached hydrogens (tertiary/aromatic N) is 3. The summed E-state index contributed by atoms with van der Waals surface area (Å²) < 4.78 is 13.3. The largest absolute Gasteiger partial charge is 0.455 e. The van der Waals surface area contributed by atoms with E-state index in [0.29, 0.717) is 5.76 Å². The summed E-state index contributed by atoms with van der Waals surface area (Å²) in [4.78, 5) is 16.6. The maximum atomic E-state index is 12.2. The van der Waals surface area contributed by atoms with Crippen LogP contribution < -0.4 is 0 Å². The Labute approximate surface area is 185 Å². The highest BCUT2D eigenvalue weighted by Crippen LogP contribution is 2.35. The summed E-state index contributed by atoms with van der Waals surface area (Å²) in [5.41, 5.74) is 4.38. The molecule has 31 heavy (non-hydrogen) atoms. The molecule has 2 aromatic rings. The van der Waals surface area contributed by atoms with Crippen LogP contribution in [0.25, 0.3) is 11.3 Å². The smallest absolute Gasteiger partial charge is 0.314 e. The van der Waals surface area contributed by atoms with Crippen LogP contribution in [-0.4, -0.2) is 34.8 Å². The number of carbonyl (C=O) groups is 1. The molecule has 166 valence electrons. The van der Waals surface area contributed by atoms with Gasteiger partial charge < -0.3 is 9.47 Å². The van der Waals surface area contributed by atoms with E-state index in [1.165, 1.54) is 5.56 Å². The minimum atomic E-state index is -0.596. The second kappa shape index (κ2) is 8.33. The van der Waals surface area contributed by atoms with Crippen LogP contribution in [0.5, 0.6) is 0 Å². The molecule has 2 heterocycles. The highest BCUT2D eigenvalue weighted by atomic mass is 16.7. The van der Waals surface area contributed by atoms with Crippen molar-refractivity contribution in [3.05, 3.63) is 52.8 Å². The number of carbonyl (C=O) groups excluding carboxylic acids is 1. The molecule has 0 bridgehead atoms. The Bertz CT molecular complexity index is 1010. The lowest BCUT2D eigenvalue weighted by Crippen LogP contribution is -2.24. The molecule has 1 aromatic carbocycles. The highest BCUT2D eigenvalue weighted by Gasteiger charge is 2.29. The van der Waals surface area contributed by atoms with E-state index < -0.39 is 5.41 Å². The van der Waals surface area contributed by atoms with Gasteiger partial charge in [-0.3, -0.25) is 14.5 Å². The highest BCUT2D eigenvalue weighted by molar-refractivity contribution is 6.03. The first-order valence-electron chi connectivity index (χ1n) is 10.6. The molecule has 0 spiro atoms. The minimum absolute atomic E-state index is 0.0657. The van der Waals surface area contributed by atoms with Crippen molar-refractivity contribution in [2.75, 3.05) is 6.79 Å². The Morgan fingerprint density at radius 2 is 1.68 bits per heavy atom. The molecule has 0 aliphatic carbocycles. The second-order valence-corrected chi connectivity index (χ2v) is 10.1. The molecular weight excluding hydrogens is 390 g/mol. The fourth-order valence-electron chi connectivity index (χ4n) is 3.25. The molecule has 0 amide bonds. The van der Waals surface area contributed by atoms with Crippen molar-refractivity contribution in [1.82, 2.24) is 9.78 Å². The predicted molar refractivity (Wildman–Crippen MR) is 124 cm³/mol. The fourth-order valence-corrected chi connectivity index (χ4v) is 3.25. The number of esters is 1. The number of ether oxygens (including phenoxy) is 2. The molecule has 6 nitrogen and oxygen atoms in total. The Morgan fingerprint density at radius 3 is 2.13 bits per heavy atom. The Morgan fingerprint density at radius 1 is 1.06 bits per heavy atom. The lowest BCUT2D eigenvalue weighted by Gasteiger charge is -2.21. The molecule has 0 saturated heterocycles. The molecule has 0 fully saturated rings. The zero-order valence-electron chi connectivity index (χ0n) is 19.8. The Balaban J connectivity index is 2.01. The van der Waals surface area contributed by atoms with Gasteiger partial charge in [-0.15, -0.1) is 0 Å². The normalized spacial score (nSPS) is 16.7. The van der Waals surface area contributed by atoms with Crippen LogP contribution >= 0.6 is 0 Å². The SMILES string of the molecule is Cc1cc(/C(OCOC(=O)C(C)(C)C)=C(/c2ccc(C(C)(C)C)cc2)C2C=N2)n(C)n1. The molecule has 3 rings (SSSR count). The van der Waals surface area contributed by atoms with E-state index in [1.807, 2.05) is 47.0 Å². The molecule has 0 N–H and O–H groups in total. The standard InChI is InChI=1S/C25H33N3O3/c1-16-13-20(28(8)27-16)22(30-15-31-23(29)25(5,6)7)21(19-14-26-19)17-9-11-18(12-10-17)24(2,3)4/h9-14,19H,15H2,1-8H3/b22-21+. The van der Waals surface area contributed by atoms with E-state index in [2.05, 4.69) is 55.1 Å². The van der Waals surface area contributed by atoms with Crippen molar-refractivity contribution in [2.45, 2.75) is 59.9 Å². The third-order valence-corrected chi connectivity index (χ3v) is 5.14. The van der Waals surface area contributed by atoms with Crippen molar-refractivity contribution in [2.24, 2.45) is 17.5 Å². The number of rotatable bonds is 6. The molecular formula is C25H33N3O3. The predicted octanol–water partition coefficient (Wildman–Crippen LogP) is 4.91. The number of aliphatic imine (C=N–C) groups is 1. The first kappa shape index (κ1) is 22.8. The van der Waals surface area contributed by atoms with Gasteiger partial charge in [0.15, 0.2) is 5.76 Å². The lowest BCUT2D eigenvalue weighted by molar-refractivity contribution is -0.161.